The molecular formula is C52H71B2Cl2N13O10S. The highest BCUT2D eigenvalue weighted by atomic mass is 35.5. The fraction of sp³-hybridized carbons (Fsp3) is 0.462. The number of fused-ring (bicyclic) bond motifs is 2. The summed E-state index contributed by atoms with van der Waals surface area (Å²) in [5, 5.41) is 43.3. The van der Waals surface area contributed by atoms with Gasteiger partial charge in [0.05, 0.1) is 19.8 Å². The van der Waals surface area contributed by atoms with E-state index in [0.717, 1.165) is 74.4 Å². The lowest BCUT2D eigenvalue weighted by Gasteiger charge is -2.33. The molecule has 0 aliphatic carbocycles. The molecule has 0 unspecified atom stereocenters. The largest absolute Gasteiger partial charge is 0.454 e. The van der Waals surface area contributed by atoms with Crippen molar-refractivity contribution in [1.82, 2.24) is 43.3 Å². The lowest BCUT2D eigenvalue weighted by molar-refractivity contribution is -0.385. The van der Waals surface area contributed by atoms with Crippen molar-refractivity contribution in [2.75, 3.05) is 71.0 Å². The van der Waals surface area contributed by atoms with Crippen molar-refractivity contribution in [3.63, 3.8) is 0 Å². The maximum atomic E-state index is 13.3. The second-order valence-corrected chi connectivity index (χ2v) is 21.9. The Morgan fingerprint density at radius 2 is 1.30 bits per heavy atom. The van der Waals surface area contributed by atoms with E-state index in [1.54, 1.807) is 44.2 Å². The molecule has 8 heterocycles. The summed E-state index contributed by atoms with van der Waals surface area (Å²) in [6.07, 6.45) is 9.64. The Kier molecular flexibility index (Phi) is 24.2. The van der Waals surface area contributed by atoms with Gasteiger partial charge in [0.1, 0.15) is 11.3 Å². The van der Waals surface area contributed by atoms with Crippen LogP contribution in [0.15, 0.2) is 102 Å². The van der Waals surface area contributed by atoms with Crippen molar-refractivity contribution >= 4 is 75.7 Å². The summed E-state index contributed by atoms with van der Waals surface area (Å²) < 4.78 is 40.9. The zero-order valence-corrected chi connectivity index (χ0v) is 48.1. The summed E-state index contributed by atoms with van der Waals surface area (Å²) in [5.41, 5.74) is 7.92. The second kappa shape index (κ2) is 30.7. The maximum Gasteiger partial charge on any atom is 0.376 e. The molecule has 0 radical (unpaired) electrons. The molecule has 2 aromatic carbocycles. The molecule has 5 N–H and O–H groups in total. The lowest BCUT2D eigenvalue weighted by atomic mass is 9.82. The van der Waals surface area contributed by atoms with Gasteiger partial charge < -0.3 is 49.7 Å². The molecule has 6 aromatic rings. The molecule has 80 heavy (non-hydrogen) atoms. The Morgan fingerprint density at radius 1 is 0.738 bits per heavy atom. The minimum absolute atomic E-state index is 0.000422. The molecule has 0 atom stereocenters. The van der Waals surface area contributed by atoms with Crippen molar-refractivity contribution in [3.05, 3.63) is 128 Å². The predicted molar refractivity (Wildman–Crippen MR) is 312 cm³/mol. The smallest absolute Gasteiger partial charge is 0.376 e. The van der Waals surface area contributed by atoms with E-state index in [0.29, 0.717) is 54.3 Å². The van der Waals surface area contributed by atoms with E-state index in [4.69, 9.17) is 48.4 Å². The molecule has 28 heteroatoms. The first-order valence-electron chi connectivity index (χ1n) is 26.8. The molecule has 0 bridgehead atoms. The SMILES string of the molecule is CB(O)N1CCC(N)CC1.CB(O)N1CCC(Nc2ncccc2[N+](=O)[O-])CC1.CCN(CC)CC.O=S(=O)(c1ccc2c(c1)OCO2)N1CCC(n2c(-c3ccccc3Cl)nc3cccnc32)CC1.O=[N+]([O-])c1cccnc1Cl. The van der Waals surface area contributed by atoms with Gasteiger partial charge in [-0.3, -0.25) is 20.2 Å². The zero-order valence-electron chi connectivity index (χ0n) is 45.8. The van der Waals surface area contributed by atoms with E-state index in [1.807, 2.05) is 46.0 Å². The van der Waals surface area contributed by atoms with E-state index in [1.165, 1.54) is 54.4 Å². The first-order valence-corrected chi connectivity index (χ1v) is 29.0. The summed E-state index contributed by atoms with van der Waals surface area (Å²) in [7, 11) is -4.39. The molecule has 4 aromatic heterocycles. The van der Waals surface area contributed by atoms with Gasteiger partial charge in [0, 0.05) is 73.6 Å². The maximum absolute atomic E-state index is 13.3. The van der Waals surface area contributed by atoms with Crippen LogP contribution in [0.3, 0.4) is 0 Å². The fourth-order valence-corrected chi connectivity index (χ4v) is 11.3. The highest BCUT2D eigenvalue weighted by molar-refractivity contribution is 7.89. The molecule has 3 fully saturated rings. The number of nitrogens with two attached hydrogens (primary N) is 1. The Bertz CT molecular complexity index is 3050. The number of nitro groups is 2. The van der Waals surface area contributed by atoms with Crippen LogP contribution in [0, 0.1) is 20.2 Å². The van der Waals surface area contributed by atoms with Crippen LogP contribution in [0.5, 0.6) is 11.5 Å². The highest BCUT2D eigenvalue weighted by Crippen LogP contribution is 2.38. The lowest BCUT2D eigenvalue weighted by Crippen LogP contribution is -2.46. The van der Waals surface area contributed by atoms with Gasteiger partial charge in [0.2, 0.25) is 27.8 Å². The summed E-state index contributed by atoms with van der Waals surface area (Å²) in [5.74, 6) is 2.08. The summed E-state index contributed by atoms with van der Waals surface area (Å²) in [6, 6.07) is 22.4. The van der Waals surface area contributed by atoms with Crippen LogP contribution in [0.2, 0.25) is 23.8 Å². The molecule has 3 saturated heterocycles. The number of pyridine rings is 3. The van der Waals surface area contributed by atoms with Crippen molar-refractivity contribution in [3.8, 4) is 22.9 Å². The number of nitrogens with one attached hydrogen (secondary N) is 1. The van der Waals surface area contributed by atoms with Gasteiger partial charge >= 0.3 is 25.5 Å². The van der Waals surface area contributed by atoms with Gasteiger partial charge in [-0.1, -0.05) is 56.1 Å². The number of aromatic nitrogens is 5. The van der Waals surface area contributed by atoms with Crippen molar-refractivity contribution in [1.29, 1.82) is 0 Å². The average molecular weight is 1160 g/mol. The van der Waals surface area contributed by atoms with Crippen molar-refractivity contribution in [2.24, 2.45) is 5.73 Å². The third-order valence-electron chi connectivity index (χ3n) is 14.1. The summed E-state index contributed by atoms with van der Waals surface area (Å²) in [6.45, 7) is 18.0. The van der Waals surface area contributed by atoms with Gasteiger partial charge in [-0.15, -0.1) is 0 Å². The number of piperidine rings is 3. The third-order valence-corrected chi connectivity index (χ3v) is 16.6. The van der Waals surface area contributed by atoms with Crippen molar-refractivity contribution in [2.45, 2.75) is 96.0 Å². The normalized spacial score (nSPS) is 16.2. The quantitative estimate of drug-likeness (QED) is 0.0369. The van der Waals surface area contributed by atoms with Gasteiger partial charge in [-0.05, 0) is 147 Å². The van der Waals surface area contributed by atoms with E-state index in [2.05, 4.69) is 50.5 Å². The first kappa shape index (κ1) is 63.1. The van der Waals surface area contributed by atoms with Crippen molar-refractivity contribution < 1.29 is 37.8 Å². The van der Waals surface area contributed by atoms with E-state index >= 15 is 0 Å². The van der Waals surface area contributed by atoms with E-state index in [-0.39, 0.29) is 47.4 Å². The first-order chi connectivity index (χ1) is 38.4. The highest BCUT2D eigenvalue weighted by Gasteiger charge is 2.34. The number of hydrogen-bond acceptors (Lipinski definition) is 19. The molecule has 4 aliphatic heterocycles. The Balaban J connectivity index is 0.000000187. The van der Waals surface area contributed by atoms with Crippen LogP contribution in [0.25, 0.3) is 22.6 Å². The standard InChI is InChI=1S/C24H21ClN4O4S.C11H17BN4O3.C6H15BN2O.C6H15N.C5H3ClN2O2/c25-19-5-2-1-4-18(19)23-27-20-6-3-11-26-24(20)29(23)16-9-12-28(13-10-16)34(30,31)17-7-8-21-22(14-17)33-15-32-21;1-12(17)15-7-4-9(5-8-15)14-11-10(16(18)19)3-2-6-13-11;1-7(10)9-4-2-6(8)3-5-9;1-4-7(5-2)6-3;6-5-4(8(9)10)2-1-3-7-5/h1-8,11,14,16H,9-10,12-13,15H2;2-3,6,9,17H,4-5,7-8H2,1H3,(H,13,14);6,10H,2-5,8H2,1H3;4-6H2,1-3H3;1-3H. The van der Waals surface area contributed by atoms with Crippen LogP contribution >= 0.6 is 23.2 Å². The van der Waals surface area contributed by atoms with Gasteiger partial charge in [-0.2, -0.15) is 4.31 Å². The fourth-order valence-electron chi connectivity index (χ4n) is 9.38. The number of hydrogen-bond donors (Lipinski definition) is 4. The summed E-state index contributed by atoms with van der Waals surface area (Å²) >= 11 is 11.9. The second-order valence-electron chi connectivity index (χ2n) is 19.2. The Labute approximate surface area is 478 Å². The van der Waals surface area contributed by atoms with Crippen LogP contribution in [0.1, 0.15) is 65.3 Å². The number of benzene rings is 2. The number of sulfonamides is 1. The van der Waals surface area contributed by atoms with Crippen LogP contribution < -0.4 is 20.5 Å². The number of ether oxygens (including phenoxy) is 2. The number of halogens is 2. The minimum atomic E-state index is -3.65. The molecule has 10 rings (SSSR count). The van der Waals surface area contributed by atoms with E-state index in [9.17, 15) is 33.7 Å². The Hall–Kier alpha value is -6.06. The van der Waals surface area contributed by atoms with Crippen LogP contribution in [-0.2, 0) is 10.0 Å². The number of nitrogens with zero attached hydrogens (tertiary/aromatic N) is 11. The predicted octanol–water partition coefficient (Wildman–Crippen LogP) is 7.99. The molecule has 0 amide bonds. The van der Waals surface area contributed by atoms with Crippen LogP contribution in [0.4, 0.5) is 17.2 Å². The third kappa shape index (κ3) is 17.2. The molecule has 0 spiro atoms. The summed E-state index contributed by atoms with van der Waals surface area (Å²) in [4.78, 5) is 43.6. The number of anilines is 1. The average Bonchev–Trinajstić information content (AvgIpc) is 4.16. The molecule has 0 saturated carbocycles. The molecular weight excluding hydrogens is 1090 g/mol. The molecule has 4 aliphatic rings. The van der Waals surface area contributed by atoms with Crippen LogP contribution in [-0.4, -0.2) is 164 Å². The molecule has 23 nitrogen and oxygen atoms in total. The molecule has 430 valence electrons. The number of rotatable bonds is 13. The van der Waals surface area contributed by atoms with Gasteiger partial charge in [0.15, 0.2) is 17.1 Å². The van der Waals surface area contributed by atoms with E-state index < -0.39 is 26.9 Å². The van der Waals surface area contributed by atoms with Gasteiger partial charge in [-0.25, -0.2) is 28.4 Å². The number of imidazole rings is 1. The Morgan fingerprint density at radius 3 is 1.86 bits per heavy atom. The monoisotopic (exact) mass is 1160 g/mol. The van der Waals surface area contributed by atoms with Gasteiger partial charge in [0.25, 0.3) is 0 Å². The zero-order chi connectivity index (χ0) is 57.9. The minimum Gasteiger partial charge on any atom is -0.454 e. The topological polar surface area (TPSA) is 287 Å².